The van der Waals surface area contributed by atoms with Crippen molar-refractivity contribution in [1.29, 1.82) is 0 Å². The highest BCUT2D eigenvalue weighted by molar-refractivity contribution is 9.09. The van der Waals surface area contributed by atoms with Crippen molar-refractivity contribution >= 4 is 39.4 Å². The SMILES string of the molecule is C=CCN(C(=O)C1N(CCCCO)C(=O)[C@@H]2[C@H](C(=O)O)[C@H]3OC12CC3Br)c1cc(C)ccc1C. The molecule has 34 heavy (non-hydrogen) atoms. The Bertz CT molecular complexity index is 1020. The van der Waals surface area contributed by atoms with E-state index in [4.69, 9.17) is 4.74 Å². The van der Waals surface area contributed by atoms with Gasteiger partial charge >= 0.3 is 5.97 Å². The molecule has 6 atom stereocenters. The van der Waals surface area contributed by atoms with Gasteiger partial charge in [-0.15, -0.1) is 6.58 Å². The van der Waals surface area contributed by atoms with Gasteiger partial charge in [0.2, 0.25) is 5.91 Å². The lowest BCUT2D eigenvalue weighted by molar-refractivity contribution is -0.149. The van der Waals surface area contributed by atoms with Gasteiger partial charge in [0.15, 0.2) is 0 Å². The van der Waals surface area contributed by atoms with Gasteiger partial charge in [0.1, 0.15) is 11.6 Å². The summed E-state index contributed by atoms with van der Waals surface area (Å²) in [5, 5.41) is 19.2. The van der Waals surface area contributed by atoms with Gasteiger partial charge in [0.25, 0.3) is 5.91 Å². The summed E-state index contributed by atoms with van der Waals surface area (Å²) in [5.74, 6) is -3.69. The first-order valence-electron chi connectivity index (χ1n) is 11.6. The van der Waals surface area contributed by atoms with Crippen molar-refractivity contribution in [2.75, 3.05) is 24.6 Å². The Kier molecular flexibility index (Phi) is 6.90. The lowest BCUT2D eigenvalue weighted by Gasteiger charge is -2.37. The summed E-state index contributed by atoms with van der Waals surface area (Å²) in [5.41, 5.74) is 1.41. The Hall–Kier alpha value is -2.23. The van der Waals surface area contributed by atoms with E-state index in [-0.39, 0.29) is 36.3 Å². The number of nitrogens with zero attached hydrogens (tertiary/aromatic N) is 2. The molecule has 1 aromatic carbocycles. The Morgan fingerprint density at radius 3 is 2.74 bits per heavy atom. The average Bonchev–Trinajstić information content (AvgIpc) is 3.37. The van der Waals surface area contributed by atoms with Crippen LogP contribution in [0.5, 0.6) is 0 Å². The molecule has 3 fully saturated rings. The number of aliphatic hydroxyl groups is 1. The number of carbonyl (C=O) groups is 3. The maximum Gasteiger partial charge on any atom is 0.310 e. The monoisotopic (exact) mass is 534 g/mol. The number of hydrogen-bond donors (Lipinski definition) is 2. The number of carboxylic acid groups (broad SMARTS) is 1. The summed E-state index contributed by atoms with van der Waals surface area (Å²) in [7, 11) is 0. The molecule has 3 unspecified atom stereocenters. The smallest absolute Gasteiger partial charge is 0.310 e. The zero-order chi connectivity index (χ0) is 24.8. The molecule has 2 amide bonds. The highest BCUT2D eigenvalue weighted by Crippen LogP contribution is 2.60. The van der Waals surface area contributed by atoms with E-state index < -0.39 is 35.6 Å². The number of benzene rings is 1. The van der Waals surface area contributed by atoms with Crippen molar-refractivity contribution in [3.63, 3.8) is 0 Å². The molecule has 3 saturated heterocycles. The normalized spacial score (nSPS) is 31.6. The van der Waals surface area contributed by atoms with Crippen molar-refractivity contribution in [3.05, 3.63) is 42.0 Å². The molecule has 3 aliphatic rings. The number of carboxylic acids is 1. The molecule has 184 valence electrons. The molecule has 0 aliphatic carbocycles. The number of anilines is 1. The molecule has 4 rings (SSSR count). The van der Waals surface area contributed by atoms with E-state index in [1.807, 2.05) is 32.0 Å². The third-order valence-corrected chi connectivity index (χ3v) is 8.19. The molecule has 0 radical (unpaired) electrons. The minimum absolute atomic E-state index is 0.0277. The van der Waals surface area contributed by atoms with Crippen LogP contribution in [0.15, 0.2) is 30.9 Å². The second-order valence-electron chi connectivity index (χ2n) is 9.49. The highest BCUT2D eigenvalue weighted by Gasteiger charge is 2.76. The Labute approximate surface area is 207 Å². The number of fused-ring (bicyclic) bond motifs is 1. The number of aliphatic carboxylic acids is 1. The first-order valence-corrected chi connectivity index (χ1v) is 12.5. The molecule has 0 aromatic heterocycles. The van der Waals surface area contributed by atoms with Gasteiger partial charge in [-0.05, 0) is 50.3 Å². The largest absolute Gasteiger partial charge is 0.481 e. The van der Waals surface area contributed by atoms with Crippen LogP contribution in [0.3, 0.4) is 0 Å². The summed E-state index contributed by atoms with van der Waals surface area (Å²) in [6.45, 7) is 8.15. The molecule has 2 bridgehead atoms. The van der Waals surface area contributed by atoms with Crippen LogP contribution in [0.25, 0.3) is 0 Å². The maximum absolute atomic E-state index is 14.3. The van der Waals surface area contributed by atoms with Gasteiger partial charge in [-0.2, -0.15) is 0 Å². The lowest BCUT2D eigenvalue weighted by atomic mass is 9.70. The number of carbonyl (C=O) groups excluding carboxylic acids is 2. The summed E-state index contributed by atoms with van der Waals surface area (Å²) in [4.78, 5) is 43.0. The number of aliphatic hydroxyl groups excluding tert-OH is 1. The highest BCUT2D eigenvalue weighted by atomic mass is 79.9. The summed E-state index contributed by atoms with van der Waals surface area (Å²) in [6.07, 6.45) is 2.32. The van der Waals surface area contributed by atoms with Gasteiger partial charge in [0, 0.05) is 30.2 Å². The van der Waals surface area contributed by atoms with Crippen molar-refractivity contribution in [1.82, 2.24) is 4.90 Å². The van der Waals surface area contributed by atoms with E-state index in [9.17, 15) is 24.6 Å². The van der Waals surface area contributed by atoms with Crippen molar-refractivity contribution in [3.8, 4) is 0 Å². The number of alkyl halides is 1. The quantitative estimate of drug-likeness (QED) is 0.286. The van der Waals surface area contributed by atoms with Crippen LogP contribution < -0.4 is 4.90 Å². The standard InChI is InChI=1S/C25H31BrN2O6/c1-4-9-27(17-12-14(2)7-8-15(17)3)23(31)21-25-13-16(26)20(34-25)18(24(32)33)19(25)22(30)28(21)10-5-6-11-29/h4,7-8,12,16,18-21,29H,1,5-6,9-11,13H2,2-3H3,(H,32,33)/t16?,18-,19-,20-,21?,25?/m0/s1. The number of rotatable bonds is 9. The zero-order valence-corrected chi connectivity index (χ0v) is 21.0. The van der Waals surface area contributed by atoms with E-state index >= 15 is 0 Å². The first kappa shape index (κ1) is 24.9. The predicted octanol–water partition coefficient (Wildman–Crippen LogP) is 2.43. The number of aryl methyl sites for hydroxylation is 2. The lowest BCUT2D eigenvalue weighted by Crippen LogP contribution is -2.57. The maximum atomic E-state index is 14.3. The zero-order valence-electron chi connectivity index (χ0n) is 19.4. The number of hydrogen-bond acceptors (Lipinski definition) is 5. The van der Waals surface area contributed by atoms with Crippen molar-refractivity contribution in [2.24, 2.45) is 11.8 Å². The van der Waals surface area contributed by atoms with Crippen molar-refractivity contribution in [2.45, 2.75) is 55.7 Å². The van der Waals surface area contributed by atoms with E-state index in [1.54, 1.807) is 11.0 Å². The number of likely N-dealkylation sites (tertiary alicyclic amines) is 1. The molecule has 8 nitrogen and oxygen atoms in total. The van der Waals surface area contributed by atoms with Crippen LogP contribution in [-0.4, -0.2) is 75.2 Å². The number of unbranched alkanes of at least 4 members (excludes halogenated alkanes) is 1. The molecule has 1 spiro atoms. The predicted molar refractivity (Wildman–Crippen MR) is 130 cm³/mol. The Morgan fingerprint density at radius 1 is 1.35 bits per heavy atom. The third kappa shape index (κ3) is 3.78. The molecule has 3 heterocycles. The van der Waals surface area contributed by atoms with Gasteiger partial charge < -0.3 is 24.7 Å². The summed E-state index contributed by atoms with van der Waals surface area (Å²) >= 11 is 3.56. The summed E-state index contributed by atoms with van der Waals surface area (Å²) in [6, 6.07) is 4.89. The van der Waals surface area contributed by atoms with Crippen LogP contribution in [-0.2, 0) is 19.1 Å². The fourth-order valence-electron chi connectivity index (χ4n) is 5.92. The Morgan fingerprint density at radius 2 is 2.09 bits per heavy atom. The number of ether oxygens (including phenoxy) is 1. The molecule has 1 aromatic rings. The molecule has 2 N–H and O–H groups in total. The molecule has 3 aliphatic heterocycles. The first-order chi connectivity index (χ1) is 16.2. The average molecular weight is 535 g/mol. The van der Waals surface area contributed by atoms with E-state index in [2.05, 4.69) is 22.5 Å². The third-order valence-electron chi connectivity index (χ3n) is 7.35. The van der Waals surface area contributed by atoms with E-state index in [1.165, 1.54) is 4.90 Å². The molecule has 0 saturated carbocycles. The molecular weight excluding hydrogens is 504 g/mol. The molecular formula is C25H31BrN2O6. The van der Waals surface area contributed by atoms with Gasteiger partial charge in [0.05, 0.1) is 17.9 Å². The van der Waals surface area contributed by atoms with Crippen LogP contribution >= 0.6 is 15.9 Å². The minimum atomic E-state index is -1.22. The van der Waals surface area contributed by atoms with Gasteiger partial charge in [-0.25, -0.2) is 0 Å². The van der Waals surface area contributed by atoms with Gasteiger partial charge in [-0.1, -0.05) is 34.1 Å². The van der Waals surface area contributed by atoms with E-state index in [0.717, 1.165) is 16.8 Å². The van der Waals surface area contributed by atoms with Crippen molar-refractivity contribution < 1.29 is 29.3 Å². The minimum Gasteiger partial charge on any atom is -0.481 e. The summed E-state index contributed by atoms with van der Waals surface area (Å²) < 4.78 is 6.32. The van der Waals surface area contributed by atoms with E-state index in [0.29, 0.717) is 19.3 Å². The topological polar surface area (TPSA) is 107 Å². The van der Waals surface area contributed by atoms with Crippen LogP contribution in [0.1, 0.15) is 30.4 Å². The van der Waals surface area contributed by atoms with Crippen LogP contribution in [0.2, 0.25) is 0 Å². The van der Waals surface area contributed by atoms with Crippen LogP contribution in [0.4, 0.5) is 5.69 Å². The Balaban J connectivity index is 1.80. The fraction of sp³-hybridized carbons (Fsp3) is 0.560. The second kappa shape index (κ2) is 9.43. The van der Waals surface area contributed by atoms with Gasteiger partial charge in [-0.3, -0.25) is 14.4 Å². The molecule has 9 heteroatoms. The number of amides is 2. The number of halogens is 1. The fourth-order valence-corrected chi connectivity index (χ4v) is 6.86. The second-order valence-corrected chi connectivity index (χ2v) is 10.7. The van der Waals surface area contributed by atoms with Crippen LogP contribution in [0, 0.1) is 25.7 Å².